The highest BCUT2D eigenvalue weighted by Gasteiger charge is 2.10. The van der Waals surface area contributed by atoms with Crippen molar-refractivity contribution in [3.05, 3.63) is 39.6 Å². The van der Waals surface area contributed by atoms with Gasteiger partial charge in [-0.25, -0.2) is 9.97 Å². The van der Waals surface area contributed by atoms with E-state index in [0.717, 1.165) is 10.6 Å². The number of halogens is 1. The average Bonchev–Trinajstić information content (AvgIpc) is 2.58. The number of hydrogen-bond acceptors (Lipinski definition) is 4. The van der Waals surface area contributed by atoms with E-state index < -0.39 is 0 Å². The lowest BCUT2D eigenvalue weighted by atomic mass is 10.3. The van der Waals surface area contributed by atoms with Gasteiger partial charge in [-0.2, -0.15) is 0 Å². The highest BCUT2D eigenvalue weighted by molar-refractivity contribution is 7.15. The van der Waals surface area contributed by atoms with E-state index in [-0.39, 0.29) is 5.91 Å². The minimum absolute atomic E-state index is 0.233. The first-order valence-electron chi connectivity index (χ1n) is 4.93. The molecule has 0 aliphatic carbocycles. The monoisotopic (exact) mass is 267 g/mol. The summed E-state index contributed by atoms with van der Waals surface area (Å²) in [5.74, 6) is -0.233. The molecular formula is C11H10ClN3OS. The normalized spacial score (nSPS) is 10.3. The molecule has 2 rings (SSSR count). The number of carbonyl (C=O) groups excluding carboxylic acids is 1. The number of nitrogens with one attached hydrogen (secondary N) is 1. The molecule has 0 unspecified atom stereocenters. The molecule has 0 radical (unpaired) electrons. The second-order valence-corrected chi connectivity index (χ2v) is 5.07. The van der Waals surface area contributed by atoms with Gasteiger partial charge in [-0.3, -0.25) is 10.1 Å². The molecule has 0 aliphatic rings. The molecule has 0 aromatic carbocycles. The van der Waals surface area contributed by atoms with Gasteiger partial charge in [-0.1, -0.05) is 11.6 Å². The number of anilines is 1. The maximum atomic E-state index is 11.8. The van der Waals surface area contributed by atoms with Gasteiger partial charge >= 0.3 is 0 Å². The van der Waals surface area contributed by atoms with Gasteiger partial charge in [0.05, 0.1) is 11.3 Å². The maximum Gasteiger partial charge on any atom is 0.259 e. The topological polar surface area (TPSA) is 54.9 Å². The largest absolute Gasteiger partial charge is 0.298 e. The minimum atomic E-state index is -0.233. The summed E-state index contributed by atoms with van der Waals surface area (Å²) >= 11 is 7.10. The summed E-state index contributed by atoms with van der Waals surface area (Å²) in [5, 5.41) is 3.69. The molecule has 0 fully saturated rings. The van der Waals surface area contributed by atoms with Crippen LogP contribution >= 0.6 is 22.9 Å². The summed E-state index contributed by atoms with van der Waals surface area (Å²) in [4.78, 5) is 21.0. The number of nitrogens with zero attached hydrogens (tertiary/aromatic N) is 2. The van der Waals surface area contributed by atoms with Gasteiger partial charge in [0.25, 0.3) is 5.91 Å². The molecule has 0 bridgehead atoms. The van der Waals surface area contributed by atoms with Gasteiger partial charge in [-0.15, -0.1) is 11.3 Å². The van der Waals surface area contributed by atoms with Crippen LogP contribution in [0.4, 0.5) is 5.13 Å². The fraction of sp³-hybridized carbons (Fsp3) is 0.182. The molecule has 2 aromatic heterocycles. The van der Waals surface area contributed by atoms with Crippen molar-refractivity contribution in [1.29, 1.82) is 0 Å². The Hall–Kier alpha value is -1.46. The number of hydrogen-bond donors (Lipinski definition) is 1. The molecule has 17 heavy (non-hydrogen) atoms. The smallest absolute Gasteiger partial charge is 0.259 e. The van der Waals surface area contributed by atoms with E-state index >= 15 is 0 Å². The molecule has 1 N–H and O–H groups in total. The zero-order valence-electron chi connectivity index (χ0n) is 9.32. The van der Waals surface area contributed by atoms with Crippen molar-refractivity contribution >= 4 is 34.0 Å². The third-order valence-electron chi connectivity index (χ3n) is 2.24. The van der Waals surface area contributed by atoms with Gasteiger partial charge in [0.2, 0.25) is 0 Å². The first-order valence-corrected chi connectivity index (χ1v) is 6.12. The first-order chi connectivity index (χ1) is 8.06. The average molecular weight is 268 g/mol. The van der Waals surface area contributed by atoms with Crippen LogP contribution in [0.3, 0.4) is 0 Å². The summed E-state index contributed by atoms with van der Waals surface area (Å²) in [6, 6.07) is 3.20. The fourth-order valence-electron chi connectivity index (χ4n) is 1.21. The van der Waals surface area contributed by atoms with Crippen LogP contribution in [0.2, 0.25) is 5.15 Å². The SMILES string of the molecule is Cc1nc(NC(=O)c2ccc(Cl)nc2)sc1C. The van der Waals surface area contributed by atoms with Gasteiger partial charge in [0, 0.05) is 11.1 Å². The van der Waals surface area contributed by atoms with Crippen molar-refractivity contribution < 1.29 is 4.79 Å². The number of amides is 1. The Balaban J connectivity index is 2.14. The Morgan fingerprint density at radius 2 is 2.18 bits per heavy atom. The molecule has 1 amide bonds. The van der Waals surface area contributed by atoms with E-state index in [2.05, 4.69) is 15.3 Å². The quantitative estimate of drug-likeness (QED) is 0.851. The summed E-state index contributed by atoms with van der Waals surface area (Å²) in [6.45, 7) is 3.87. The molecule has 2 aromatic rings. The van der Waals surface area contributed by atoms with Crippen LogP contribution in [0.25, 0.3) is 0 Å². The zero-order chi connectivity index (χ0) is 12.4. The number of pyridine rings is 1. The van der Waals surface area contributed by atoms with E-state index in [1.807, 2.05) is 13.8 Å². The number of thiazole rings is 1. The van der Waals surface area contributed by atoms with Crippen LogP contribution in [0.15, 0.2) is 18.3 Å². The molecule has 0 saturated carbocycles. The van der Waals surface area contributed by atoms with E-state index in [9.17, 15) is 4.79 Å². The number of aryl methyl sites for hydroxylation is 2. The predicted molar refractivity (Wildman–Crippen MR) is 68.8 cm³/mol. The second-order valence-electron chi connectivity index (χ2n) is 3.48. The lowest BCUT2D eigenvalue weighted by Gasteiger charge is -2.00. The van der Waals surface area contributed by atoms with Gasteiger partial charge < -0.3 is 0 Å². The Morgan fingerprint density at radius 1 is 1.41 bits per heavy atom. The lowest BCUT2D eigenvalue weighted by Crippen LogP contribution is -2.11. The van der Waals surface area contributed by atoms with E-state index in [1.165, 1.54) is 17.5 Å². The molecule has 4 nitrogen and oxygen atoms in total. The van der Waals surface area contributed by atoms with E-state index in [4.69, 9.17) is 11.6 Å². The number of aromatic nitrogens is 2. The minimum Gasteiger partial charge on any atom is -0.298 e. The molecule has 0 saturated heterocycles. The van der Waals surface area contributed by atoms with Crippen molar-refractivity contribution in [2.24, 2.45) is 0 Å². The molecule has 0 spiro atoms. The Kier molecular flexibility index (Phi) is 3.40. The fourth-order valence-corrected chi connectivity index (χ4v) is 2.13. The standard InChI is InChI=1S/C11H10ClN3OS/c1-6-7(2)17-11(14-6)15-10(16)8-3-4-9(12)13-5-8/h3-5H,1-2H3,(H,14,15,16). The Labute approximate surface area is 108 Å². The van der Waals surface area contributed by atoms with Crippen LogP contribution in [-0.4, -0.2) is 15.9 Å². The van der Waals surface area contributed by atoms with Crippen LogP contribution in [-0.2, 0) is 0 Å². The lowest BCUT2D eigenvalue weighted by molar-refractivity contribution is 0.102. The molecular weight excluding hydrogens is 258 g/mol. The summed E-state index contributed by atoms with van der Waals surface area (Å²) < 4.78 is 0. The summed E-state index contributed by atoms with van der Waals surface area (Å²) in [5.41, 5.74) is 1.39. The second kappa shape index (κ2) is 4.81. The van der Waals surface area contributed by atoms with Crippen molar-refractivity contribution in [2.75, 3.05) is 5.32 Å². The summed E-state index contributed by atoms with van der Waals surface area (Å²) in [7, 11) is 0. The Morgan fingerprint density at radius 3 is 2.71 bits per heavy atom. The van der Waals surface area contributed by atoms with Crippen molar-refractivity contribution in [2.45, 2.75) is 13.8 Å². The molecule has 2 heterocycles. The van der Waals surface area contributed by atoms with E-state index in [1.54, 1.807) is 12.1 Å². The summed E-state index contributed by atoms with van der Waals surface area (Å²) in [6.07, 6.45) is 1.44. The van der Waals surface area contributed by atoms with Gasteiger partial charge in [-0.05, 0) is 26.0 Å². The van der Waals surface area contributed by atoms with Crippen molar-refractivity contribution in [1.82, 2.24) is 9.97 Å². The number of rotatable bonds is 2. The highest BCUT2D eigenvalue weighted by Crippen LogP contribution is 2.21. The van der Waals surface area contributed by atoms with Gasteiger partial charge in [0.15, 0.2) is 5.13 Å². The number of carbonyl (C=O) groups is 1. The van der Waals surface area contributed by atoms with Gasteiger partial charge in [0.1, 0.15) is 5.15 Å². The van der Waals surface area contributed by atoms with Crippen LogP contribution < -0.4 is 5.32 Å². The molecule has 6 heteroatoms. The van der Waals surface area contributed by atoms with Crippen molar-refractivity contribution in [3.63, 3.8) is 0 Å². The highest BCUT2D eigenvalue weighted by atomic mass is 35.5. The Bertz CT molecular complexity index is 531. The first kappa shape index (κ1) is 12.0. The maximum absolute atomic E-state index is 11.8. The predicted octanol–water partition coefficient (Wildman–Crippen LogP) is 3.06. The third-order valence-corrected chi connectivity index (χ3v) is 3.45. The molecule has 0 atom stereocenters. The van der Waals surface area contributed by atoms with Crippen molar-refractivity contribution in [3.8, 4) is 0 Å². The third kappa shape index (κ3) is 2.81. The molecule has 0 aliphatic heterocycles. The zero-order valence-corrected chi connectivity index (χ0v) is 10.9. The molecule has 88 valence electrons. The van der Waals surface area contributed by atoms with E-state index in [0.29, 0.717) is 15.8 Å². The van der Waals surface area contributed by atoms with Crippen LogP contribution in [0.5, 0.6) is 0 Å². The van der Waals surface area contributed by atoms with Crippen LogP contribution in [0, 0.1) is 13.8 Å². The van der Waals surface area contributed by atoms with Crippen LogP contribution in [0.1, 0.15) is 20.9 Å².